The SMILES string of the molecule is Clc1ncc2nccn2n1. The van der Waals surface area contributed by atoms with E-state index in [-0.39, 0.29) is 5.28 Å². The van der Waals surface area contributed by atoms with Gasteiger partial charge in [-0.2, -0.15) is 0 Å². The molecule has 4 nitrogen and oxygen atoms in total. The first-order valence-electron chi connectivity index (χ1n) is 2.68. The van der Waals surface area contributed by atoms with Crippen LogP contribution in [-0.2, 0) is 0 Å². The molecule has 0 aliphatic carbocycles. The van der Waals surface area contributed by atoms with Gasteiger partial charge in [0, 0.05) is 12.4 Å². The van der Waals surface area contributed by atoms with Gasteiger partial charge in [-0.1, -0.05) is 0 Å². The summed E-state index contributed by atoms with van der Waals surface area (Å²) < 4.78 is 1.56. The third kappa shape index (κ3) is 0.733. The molecule has 50 valence electrons. The largest absolute Gasteiger partial charge is 0.241 e. The second kappa shape index (κ2) is 1.91. The van der Waals surface area contributed by atoms with Gasteiger partial charge in [-0.3, -0.25) is 0 Å². The van der Waals surface area contributed by atoms with Crippen molar-refractivity contribution >= 4 is 17.2 Å². The second-order valence-corrected chi connectivity index (χ2v) is 2.10. The Balaban J connectivity index is 2.86. The van der Waals surface area contributed by atoms with E-state index in [2.05, 4.69) is 15.1 Å². The topological polar surface area (TPSA) is 43.1 Å². The second-order valence-electron chi connectivity index (χ2n) is 1.76. The normalized spacial score (nSPS) is 10.5. The molecule has 0 amide bonds. The first-order chi connectivity index (χ1) is 4.86. The number of nitrogens with zero attached hydrogens (tertiary/aromatic N) is 4. The molecule has 2 aromatic rings. The predicted molar refractivity (Wildman–Crippen MR) is 35.8 cm³/mol. The number of aromatic nitrogens is 4. The molecule has 0 aliphatic rings. The summed E-state index contributed by atoms with van der Waals surface area (Å²) in [7, 11) is 0. The van der Waals surface area contributed by atoms with E-state index in [1.54, 1.807) is 23.1 Å². The van der Waals surface area contributed by atoms with E-state index < -0.39 is 0 Å². The zero-order valence-corrected chi connectivity index (χ0v) is 5.65. The van der Waals surface area contributed by atoms with Crippen LogP contribution in [0, 0.1) is 0 Å². The molecule has 0 aliphatic heterocycles. The summed E-state index contributed by atoms with van der Waals surface area (Å²) in [6.45, 7) is 0. The van der Waals surface area contributed by atoms with Crippen molar-refractivity contribution in [2.75, 3.05) is 0 Å². The maximum Gasteiger partial charge on any atom is 0.241 e. The van der Waals surface area contributed by atoms with Crippen molar-refractivity contribution in [1.82, 2.24) is 19.6 Å². The molecule has 0 aromatic carbocycles. The lowest BCUT2D eigenvalue weighted by molar-refractivity contribution is 0.898. The van der Waals surface area contributed by atoms with Gasteiger partial charge in [-0.25, -0.2) is 14.5 Å². The van der Waals surface area contributed by atoms with Crippen LogP contribution in [0.5, 0.6) is 0 Å². The fourth-order valence-corrected chi connectivity index (χ4v) is 0.841. The predicted octanol–water partition coefficient (Wildman–Crippen LogP) is 0.778. The average Bonchev–Trinajstić information content (AvgIpc) is 2.33. The van der Waals surface area contributed by atoms with Crippen LogP contribution >= 0.6 is 11.6 Å². The zero-order chi connectivity index (χ0) is 6.97. The lowest BCUT2D eigenvalue weighted by Gasteiger charge is -1.89. The van der Waals surface area contributed by atoms with Gasteiger partial charge in [0.2, 0.25) is 5.28 Å². The Morgan fingerprint density at radius 2 is 2.30 bits per heavy atom. The van der Waals surface area contributed by atoms with Gasteiger partial charge >= 0.3 is 0 Å². The molecular formula is C5H3ClN4. The van der Waals surface area contributed by atoms with Crippen LogP contribution in [0.4, 0.5) is 0 Å². The van der Waals surface area contributed by atoms with E-state index >= 15 is 0 Å². The van der Waals surface area contributed by atoms with Crippen molar-refractivity contribution in [1.29, 1.82) is 0 Å². The highest BCUT2D eigenvalue weighted by atomic mass is 35.5. The fraction of sp³-hybridized carbons (Fsp3) is 0. The van der Waals surface area contributed by atoms with Gasteiger partial charge in [0.1, 0.15) is 0 Å². The van der Waals surface area contributed by atoms with E-state index in [0.717, 1.165) is 0 Å². The molecule has 10 heavy (non-hydrogen) atoms. The Kier molecular flexibility index (Phi) is 1.07. The van der Waals surface area contributed by atoms with Crippen molar-refractivity contribution in [3.05, 3.63) is 23.9 Å². The lowest BCUT2D eigenvalue weighted by atomic mass is 10.8. The molecule has 2 aromatic heterocycles. The van der Waals surface area contributed by atoms with Crippen LogP contribution in [0.3, 0.4) is 0 Å². The highest BCUT2D eigenvalue weighted by Gasteiger charge is 1.94. The lowest BCUT2D eigenvalue weighted by Crippen LogP contribution is -1.91. The highest BCUT2D eigenvalue weighted by molar-refractivity contribution is 6.28. The monoisotopic (exact) mass is 154 g/mol. The number of rotatable bonds is 0. The third-order valence-corrected chi connectivity index (χ3v) is 1.30. The maximum absolute atomic E-state index is 5.50. The van der Waals surface area contributed by atoms with Crippen molar-refractivity contribution in [2.24, 2.45) is 0 Å². The van der Waals surface area contributed by atoms with Gasteiger partial charge in [0.25, 0.3) is 0 Å². The Morgan fingerprint density at radius 1 is 1.40 bits per heavy atom. The molecule has 2 heterocycles. The first kappa shape index (κ1) is 5.61. The van der Waals surface area contributed by atoms with E-state index in [9.17, 15) is 0 Å². The van der Waals surface area contributed by atoms with Gasteiger partial charge in [-0.05, 0) is 11.6 Å². The third-order valence-electron chi connectivity index (χ3n) is 1.13. The molecule has 0 N–H and O–H groups in total. The summed E-state index contributed by atoms with van der Waals surface area (Å²) in [6, 6.07) is 0. The Hall–Kier alpha value is -1.16. The van der Waals surface area contributed by atoms with Crippen LogP contribution in [0.1, 0.15) is 0 Å². The van der Waals surface area contributed by atoms with E-state index in [1.165, 1.54) is 0 Å². The van der Waals surface area contributed by atoms with Crippen molar-refractivity contribution < 1.29 is 0 Å². The first-order valence-corrected chi connectivity index (χ1v) is 3.06. The number of imidazole rings is 1. The molecule has 0 atom stereocenters. The van der Waals surface area contributed by atoms with Gasteiger partial charge in [-0.15, -0.1) is 5.10 Å². The molecule has 0 fully saturated rings. The molecule has 2 rings (SSSR count). The Labute approximate surface area is 61.5 Å². The van der Waals surface area contributed by atoms with Crippen molar-refractivity contribution in [3.63, 3.8) is 0 Å². The number of hydrogen-bond acceptors (Lipinski definition) is 3. The highest BCUT2D eigenvalue weighted by Crippen LogP contribution is 1.99. The number of fused-ring (bicyclic) bond motifs is 1. The van der Waals surface area contributed by atoms with Crippen LogP contribution < -0.4 is 0 Å². The minimum absolute atomic E-state index is 0.227. The fourth-order valence-electron chi connectivity index (χ4n) is 0.711. The molecule has 0 saturated carbocycles. The molecule has 0 spiro atoms. The number of hydrogen-bond donors (Lipinski definition) is 0. The van der Waals surface area contributed by atoms with Gasteiger partial charge in [0.15, 0.2) is 5.65 Å². The summed E-state index contributed by atoms with van der Waals surface area (Å²) >= 11 is 5.50. The average molecular weight is 155 g/mol. The molecule has 0 bridgehead atoms. The molecule has 0 radical (unpaired) electrons. The number of halogens is 1. The summed E-state index contributed by atoms with van der Waals surface area (Å²) in [6.07, 6.45) is 4.92. The molecule has 0 saturated heterocycles. The van der Waals surface area contributed by atoms with Gasteiger partial charge < -0.3 is 0 Å². The minimum atomic E-state index is 0.227. The zero-order valence-electron chi connectivity index (χ0n) is 4.90. The quantitative estimate of drug-likeness (QED) is 0.563. The van der Waals surface area contributed by atoms with Crippen molar-refractivity contribution in [3.8, 4) is 0 Å². The maximum atomic E-state index is 5.50. The van der Waals surface area contributed by atoms with E-state index in [4.69, 9.17) is 11.6 Å². The van der Waals surface area contributed by atoms with Gasteiger partial charge in [0.05, 0.1) is 6.20 Å². The minimum Gasteiger partial charge on any atom is -0.234 e. The van der Waals surface area contributed by atoms with E-state index in [1.807, 2.05) is 0 Å². The van der Waals surface area contributed by atoms with Crippen LogP contribution in [0.2, 0.25) is 5.28 Å². The summed E-state index contributed by atoms with van der Waals surface area (Å²) in [5.74, 6) is 0. The standard InChI is InChI=1S/C5H3ClN4/c6-5-8-3-4-7-1-2-10(4)9-5/h1-3H. The molecule has 0 unspecified atom stereocenters. The molecule has 5 heteroatoms. The molecular weight excluding hydrogens is 152 g/mol. The van der Waals surface area contributed by atoms with Crippen LogP contribution in [0.15, 0.2) is 18.6 Å². The van der Waals surface area contributed by atoms with Crippen molar-refractivity contribution in [2.45, 2.75) is 0 Å². The Morgan fingerprint density at radius 3 is 3.20 bits per heavy atom. The summed E-state index contributed by atoms with van der Waals surface area (Å²) in [5, 5.41) is 4.07. The summed E-state index contributed by atoms with van der Waals surface area (Å²) in [4.78, 5) is 7.69. The van der Waals surface area contributed by atoms with E-state index in [0.29, 0.717) is 5.65 Å². The van der Waals surface area contributed by atoms with Crippen LogP contribution in [-0.4, -0.2) is 19.6 Å². The summed E-state index contributed by atoms with van der Waals surface area (Å²) in [5.41, 5.74) is 0.699. The Bertz CT molecular complexity index is 355. The van der Waals surface area contributed by atoms with Crippen LogP contribution in [0.25, 0.3) is 5.65 Å². The smallest absolute Gasteiger partial charge is 0.234 e.